The smallest absolute Gasteiger partial charge is 0.0885 e. The second kappa shape index (κ2) is 5.09. The van der Waals surface area contributed by atoms with E-state index in [0.29, 0.717) is 0 Å². The van der Waals surface area contributed by atoms with Crippen molar-refractivity contribution in [3.63, 3.8) is 0 Å². The summed E-state index contributed by atoms with van der Waals surface area (Å²) >= 11 is 3.53. The summed E-state index contributed by atoms with van der Waals surface area (Å²) in [7, 11) is 0. The summed E-state index contributed by atoms with van der Waals surface area (Å²) in [4.78, 5) is 1.16. The molecule has 0 aromatic carbocycles. The Morgan fingerprint density at radius 1 is 1.24 bits per heavy atom. The van der Waals surface area contributed by atoms with Crippen molar-refractivity contribution in [2.45, 2.75) is 44.6 Å². The summed E-state index contributed by atoms with van der Waals surface area (Å²) in [6, 6.07) is 4.33. The molecule has 92 valence electrons. The molecule has 1 unspecified atom stereocenters. The van der Waals surface area contributed by atoms with Gasteiger partial charge < -0.3 is 5.11 Å². The Kier molecular flexibility index (Phi) is 3.50. The average molecular weight is 266 g/mol. The topological polar surface area (TPSA) is 20.2 Å². The number of fused-ring (bicyclic) bond motifs is 1. The Morgan fingerprint density at radius 2 is 2.06 bits per heavy atom. The van der Waals surface area contributed by atoms with E-state index in [1.807, 2.05) is 0 Å². The van der Waals surface area contributed by atoms with Gasteiger partial charge in [-0.25, -0.2) is 0 Å². The fourth-order valence-corrected chi connectivity index (χ4v) is 4.92. The summed E-state index contributed by atoms with van der Waals surface area (Å²) in [6.45, 7) is 0. The summed E-state index contributed by atoms with van der Waals surface area (Å²) in [6.07, 6.45) is 7.47. The van der Waals surface area contributed by atoms with Crippen LogP contribution in [0.2, 0.25) is 0 Å². The van der Waals surface area contributed by atoms with Crippen LogP contribution in [0.1, 0.15) is 49.5 Å². The summed E-state index contributed by atoms with van der Waals surface area (Å²) < 4.78 is 2.65. The van der Waals surface area contributed by atoms with Crippen LogP contribution in [0, 0.1) is 5.92 Å². The normalized spacial score (nSPS) is 19.8. The Hall–Kier alpha value is -0.380. The van der Waals surface area contributed by atoms with Crippen LogP contribution in [-0.2, 0) is 0 Å². The van der Waals surface area contributed by atoms with Crippen molar-refractivity contribution in [3.05, 3.63) is 22.4 Å². The Bertz CT molecular complexity index is 451. The molecule has 2 aromatic heterocycles. The van der Waals surface area contributed by atoms with Crippen LogP contribution in [-0.4, -0.2) is 5.11 Å². The van der Waals surface area contributed by atoms with Crippen LogP contribution < -0.4 is 0 Å². The Labute approximate surface area is 110 Å². The Balaban J connectivity index is 1.68. The highest BCUT2D eigenvalue weighted by Crippen LogP contribution is 2.37. The molecule has 0 amide bonds. The van der Waals surface area contributed by atoms with Crippen LogP contribution in [0.15, 0.2) is 17.5 Å². The molecule has 2 heterocycles. The zero-order valence-corrected chi connectivity index (χ0v) is 11.5. The summed E-state index contributed by atoms with van der Waals surface area (Å²) in [5.74, 6) is 0.749. The van der Waals surface area contributed by atoms with E-state index in [-0.39, 0.29) is 6.10 Å². The van der Waals surface area contributed by atoms with Crippen molar-refractivity contribution in [2.24, 2.45) is 5.92 Å². The quantitative estimate of drug-likeness (QED) is 0.832. The number of thiophene rings is 2. The molecule has 0 aliphatic heterocycles. The van der Waals surface area contributed by atoms with Gasteiger partial charge in [-0.3, -0.25) is 0 Å². The maximum atomic E-state index is 10.3. The zero-order valence-electron chi connectivity index (χ0n) is 9.89. The fraction of sp³-hybridized carbons (Fsp3) is 0.571. The minimum Gasteiger partial charge on any atom is -0.388 e. The van der Waals surface area contributed by atoms with Crippen LogP contribution in [0.5, 0.6) is 0 Å². The summed E-state index contributed by atoms with van der Waals surface area (Å²) in [5, 5.41) is 12.4. The lowest BCUT2D eigenvalue weighted by Crippen LogP contribution is -2.10. The molecule has 0 bridgehead atoms. The van der Waals surface area contributed by atoms with Crippen molar-refractivity contribution in [1.29, 1.82) is 0 Å². The molecule has 1 N–H and O–H groups in total. The van der Waals surface area contributed by atoms with Gasteiger partial charge in [0.05, 0.1) is 6.10 Å². The van der Waals surface area contributed by atoms with E-state index in [1.54, 1.807) is 22.7 Å². The van der Waals surface area contributed by atoms with Gasteiger partial charge in [0.1, 0.15) is 0 Å². The van der Waals surface area contributed by atoms with Crippen molar-refractivity contribution >= 4 is 32.1 Å². The van der Waals surface area contributed by atoms with Gasteiger partial charge in [-0.05, 0) is 29.9 Å². The average Bonchev–Trinajstić information content (AvgIpc) is 2.90. The van der Waals surface area contributed by atoms with Gasteiger partial charge in [0.25, 0.3) is 0 Å². The van der Waals surface area contributed by atoms with Crippen LogP contribution in [0.3, 0.4) is 0 Å². The van der Waals surface area contributed by atoms with E-state index in [9.17, 15) is 5.11 Å². The molecule has 1 aliphatic rings. The standard InChI is InChI=1S/C14H18OS2/c15-11(8-10-4-2-1-3-5-10)13-9-14-12(17-13)6-7-16-14/h6-7,9-11,15H,1-5,8H2. The number of hydrogen-bond acceptors (Lipinski definition) is 3. The number of rotatable bonds is 3. The molecule has 1 fully saturated rings. The van der Waals surface area contributed by atoms with E-state index < -0.39 is 0 Å². The van der Waals surface area contributed by atoms with E-state index >= 15 is 0 Å². The van der Waals surface area contributed by atoms with E-state index in [1.165, 1.54) is 41.5 Å². The van der Waals surface area contributed by atoms with Gasteiger partial charge in [0.15, 0.2) is 0 Å². The highest BCUT2D eigenvalue weighted by molar-refractivity contribution is 7.26. The minimum atomic E-state index is -0.234. The number of hydrogen-bond donors (Lipinski definition) is 1. The molecule has 1 atom stereocenters. The first-order valence-corrected chi connectivity index (χ1v) is 8.17. The lowest BCUT2D eigenvalue weighted by atomic mass is 9.85. The second-order valence-electron chi connectivity index (χ2n) is 5.05. The monoisotopic (exact) mass is 266 g/mol. The molecule has 0 radical (unpaired) electrons. The molecule has 0 saturated heterocycles. The first kappa shape index (κ1) is 11.7. The predicted molar refractivity (Wildman–Crippen MR) is 75.9 cm³/mol. The largest absolute Gasteiger partial charge is 0.388 e. The van der Waals surface area contributed by atoms with Crippen LogP contribution >= 0.6 is 22.7 Å². The van der Waals surface area contributed by atoms with Crippen molar-refractivity contribution in [3.8, 4) is 0 Å². The number of aliphatic hydroxyl groups excluding tert-OH is 1. The van der Waals surface area contributed by atoms with Crippen molar-refractivity contribution in [1.82, 2.24) is 0 Å². The highest BCUT2D eigenvalue weighted by atomic mass is 32.1. The van der Waals surface area contributed by atoms with Gasteiger partial charge in [-0.2, -0.15) is 0 Å². The minimum absolute atomic E-state index is 0.234. The maximum absolute atomic E-state index is 10.3. The van der Waals surface area contributed by atoms with Crippen molar-refractivity contribution < 1.29 is 5.11 Å². The van der Waals surface area contributed by atoms with Gasteiger partial charge in [0, 0.05) is 14.3 Å². The third kappa shape index (κ3) is 2.56. The molecule has 17 heavy (non-hydrogen) atoms. The first-order chi connectivity index (χ1) is 8.33. The molecular weight excluding hydrogens is 248 g/mol. The fourth-order valence-electron chi connectivity index (χ4n) is 2.80. The summed E-state index contributed by atoms with van der Waals surface area (Å²) in [5.41, 5.74) is 0. The van der Waals surface area contributed by atoms with Gasteiger partial charge in [-0.15, -0.1) is 22.7 Å². The molecule has 0 spiro atoms. The first-order valence-electron chi connectivity index (χ1n) is 6.48. The molecular formula is C14H18OS2. The lowest BCUT2D eigenvalue weighted by Gasteiger charge is -2.23. The van der Waals surface area contributed by atoms with E-state index in [0.717, 1.165) is 17.2 Å². The molecule has 1 saturated carbocycles. The van der Waals surface area contributed by atoms with E-state index in [4.69, 9.17) is 0 Å². The van der Waals surface area contributed by atoms with Gasteiger partial charge in [-0.1, -0.05) is 32.1 Å². The molecule has 3 rings (SSSR count). The highest BCUT2D eigenvalue weighted by Gasteiger charge is 2.20. The van der Waals surface area contributed by atoms with Gasteiger partial charge in [0.2, 0.25) is 0 Å². The lowest BCUT2D eigenvalue weighted by molar-refractivity contribution is 0.134. The van der Waals surface area contributed by atoms with E-state index in [2.05, 4.69) is 17.5 Å². The molecule has 3 heteroatoms. The predicted octanol–water partition coefficient (Wildman–Crippen LogP) is 4.97. The molecule has 1 nitrogen and oxygen atoms in total. The molecule has 2 aromatic rings. The van der Waals surface area contributed by atoms with Crippen LogP contribution in [0.4, 0.5) is 0 Å². The Morgan fingerprint density at radius 3 is 2.82 bits per heavy atom. The second-order valence-corrected chi connectivity index (χ2v) is 7.12. The van der Waals surface area contributed by atoms with Crippen molar-refractivity contribution in [2.75, 3.05) is 0 Å². The third-order valence-corrected chi connectivity index (χ3v) is 5.96. The van der Waals surface area contributed by atoms with Gasteiger partial charge >= 0.3 is 0 Å². The number of aliphatic hydroxyl groups is 1. The maximum Gasteiger partial charge on any atom is 0.0885 e. The molecule has 1 aliphatic carbocycles. The van der Waals surface area contributed by atoms with Crippen LogP contribution in [0.25, 0.3) is 9.40 Å². The zero-order chi connectivity index (χ0) is 11.7. The third-order valence-electron chi connectivity index (χ3n) is 3.77. The SMILES string of the molecule is OC(CC1CCCCC1)c1cc2sccc2s1.